The highest BCUT2D eigenvalue weighted by molar-refractivity contribution is 7.10. The van der Waals surface area contributed by atoms with Crippen LogP contribution >= 0.6 is 11.3 Å². The zero-order valence-corrected chi connectivity index (χ0v) is 10.4. The average molecular weight is 232 g/mol. The minimum Gasteiger partial charge on any atom is -0.295 e. The summed E-state index contributed by atoms with van der Waals surface area (Å²) in [5, 5.41) is 2.13. The Bertz CT molecular complexity index is 411. The second-order valence-corrected chi connectivity index (χ2v) is 4.95. The van der Waals surface area contributed by atoms with Crippen LogP contribution in [0.15, 0.2) is 42.0 Å². The fraction of sp³-hybridized carbons (Fsp3) is 0.308. The van der Waals surface area contributed by atoms with Crippen molar-refractivity contribution in [3.05, 3.63) is 52.5 Å². The maximum absolute atomic E-state index is 4.14. The third kappa shape index (κ3) is 2.68. The molecule has 0 aliphatic carbocycles. The smallest absolute Gasteiger partial charge is 0.0413 e. The fourth-order valence-electron chi connectivity index (χ4n) is 1.66. The van der Waals surface area contributed by atoms with Gasteiger partial charge in [-0.1, -0.05) is 12.1 Å². The molecule has 0 saturated carbocycles. The van der Waals surface area contributed by atoms with Crippen LogP contribution < -0.4 is 0 Å². The third-order valence-electron chi connectivity index (χ3n) is 2.77. The normalized spacial score (nSPS) is 12.9. The number of hydrogen-bond acceptors (Lipinski definition) is 3. The molecular weight excluding hydrogens is 216 g/mol. The van der Waals surface area contributed by atoms with Crippen LogP contribution in [0.25, 0.3) is 0 Å². The quantitative estimate of drug-likeness (QED) is 0.803. The van der Waals surface area contributed by atoms with E-state index < -0.39 is 0 Å². The van der Waals surface area contributed by atoms with Gasteiger partial charge < -0.3 is 0 Å². The standard InChI is InChI=1S/C13H16N2S/c1-11(13-6-4-8-16-13)15(2)10-12-5-3-7-14-9-12/h3-9,11H,10H2,1-2H3. The lowest BCUT2D eigenvalue weighted by Crippen LogP contribution is -2.21. The van der Waals surface area contributed by atoms with E-state index in [1.54, 1.807) is 0 Å². The molecule has 0 bridgehead atoms. The molecule has 0 aromatic carbocycles. The number of thiophene rings is 1. The van der Waals surface area contributed by atoms with Gasteiger partial charge in [0.15, 0.2) is 0 Å². The first kappa shape index (κ1) is 11.3. The van der Waals surface area contributed by atoms with Crippen molar-refractivity contribution >= 4 is 11.3 Å². The Balaban J connectivity index is 2.01. The van der Waals surface area contributed by atoms with Gasteiger partial charge in [0.05, 0.1) is 0 Å². The molecule has 2 nitrogen and oxygen atoms in total. The van der Waals surface area contributed by atoms with E-state index in [0.717, 1.165) is 6.54 Å². The topological polar surface area (TPSA) is 16.1 Å². The Morgan fingerprint density at radius 1 is 1.38 bits per heavy atom. The number of rotatable bonds is 4. The second kappa shape index (κ2) is 5.23. The first-order valence-corrected chi connectivity index (χ1v) is 6.28. The molecule has 1 unspecified atom stereocenters. The SMILES string of the molecule is CC(c1cccs1)N(C)Cc1cccnc1. The average Bonchev–Trinajstić information content (AvgIpc) is 2.83. The summed E-state index contributed by atoms with van der Waals surface area (Å²) in [7, 11) is 2.15. The van der Waals surface area contributed by atoms with Gasteiger partial charge in [0.2, 0.25) is 0 Å². The van der Waals surface area contributed by atoms with Gasteiger partial charge in [-0.2, -0.15) is 0 Å². The molecule has 1 atom stereocenters. The molecule has 3 heteroatoms. The first-order chi connectivity index (χ1) is 7.77. The molecule has 0 radical (unpaired) electrons. The van der Waals surface area contributed by atoms with E-state index in [9.17, 15) is 0 Å². The highest BCUT2D eigenvalue weighted by atomic mass is 32.1. The maximum Gasteiger partial charge on any atom is 0.0413 e. The lowest BCUT2D eigenvalue weighted by molar-refractivity contribution is 0.256. The number of pyridine rings is 1. The van der Waals surface area contributed by atoms with Crippen molar-refractivity contribution in [3.8, 4) is 0 Å². The van der Waals surface area contributed by atoms with E-state index in [1.807, 2.05) is 29.8 Å². The van der Waals surface area contributed by atoms with E-state index in [1.165, 1.54) is 10.4 Å². The highest BCUT2D eigenvalue weighted by Gasteiger charge is 2.12. The van der Waals surface area contributed by atoms with Gasteiger partial charge in [-0.05, 0) is 37.0 Å². The van der Waals surface area contributed by atoms with E-state index in [2.05, 4.69) is 47.4 Å². The number of aromatic nitrogens is 1. The van der Waals surface area contributed by atoms with Crippen molar-refractivity contribution in [2.45, 2.75) is 19.5 Å². The van der Waals surface area contributed by atoms with Gasteiger partial charge in [0.1, 0.15) is 0 Å². The maximum atomic E-state index is 4.14. The van der Waals surface area contributed by atoms with E-state index in [-0.39, 0.29) is 0 Å². The lowest BCUT2D eigenvalue weighted by Gasteiger charge is -2.23. The Hall–Kier alpha value is -1.19. The Kier molecular flexibility index (Phi) is 3.70. The molecule has 0 amide bonds. The van der Waals surface area contributed by atoms with E-state index in [0.29, 0.717) is 6.04 Å². The van der Waals surface area contributed by atoms with E-state index >= 15 is 0 Å². The Labute approximate surface area is 101 Å². The molecule has 2 aromatic heterocycles. The van der Waals surface area contributed by atoms with Crippen molar-refractivity contribution in [2.24, 2.45) is 0 Å². The van der Waals surface area contributed by atoms with E-state index in [4.69, 9.17) is 0 Å². The summed E-state index contributed by atoms with van der Waals surface area (Å²) >= 11 is 1.81. The van der Waals surface area contributed by atoms with Crippen molar-refractivity contribution in [2.75, 3.05) is 7.05 Å². The molecule has 0 aliphatic rings. The Morgan fingerprint density at radius 3 is 2.88 bits per heavy atom. The molecular formula is C13H16N2S. The van der Waals surface area contributed by atoms with Gasteiger partial charge in [0.25, 0.3) is 0 Å². The monoisotopic (exact) mass is 232 g/mol. The molecule has 0 saturated heterocycles. The molecule has 2 heterocycles. The highest BCUT2D eigenvalue weighted by Crippen LogP contribution is 2.24. The predicted molar refractivity (Wildman–Crippen MR) is 68.4 cm³/mol. The van der Waals surface area contributed by atoms with Crippen LogP contribution in [0.5, 0.6) is 0 Å². The minimum atomic E-state index is 0.459. The van der Waals surface area contributed by atoms with Gasteiger partial charge in [-0.25, -0.2) is 0 Å². The first-order valence-electron chi connectivity index (χ1n) is 5.40. The Morgan fingerprint density at radius 2 is 2.25 bits per heavy atom. The zero-order valence-electron chi connectivity index (χ0n) is 9.63. The van der Waals surface area contributed by atoms with Gasteiger partial charge in [0, 0.05) is 29.9 Å². The fourth-order valence-corrected chi connectivity index (χ4v) is 2.51. The van der Waals surface area contributed by atoms with Crippen LogP contribution in [0.3, 0.4) is 0 Å². The summed E-state index contributed by atoms with van der Waals surface area (Å²) in [6, 6.07) is 8.85. The van der Waals surface area contributed by atoms with Crippen LogP contribution in [0.1, 0.15) is 23.4 Å². The summed E-state index contributed by atoms with van der Waals surface area (Å²) in [5.41, 5.74) is 1.26. The molecule has 0 N–H and O–H groups in total. The van der Waals surface area contributed by atoms with Crippen LogP contribution in [0, 0.1) is 0 Å². The summed E-state index contributed by atoms with van der Waals surface area (Å²) in [5.74, 6) is 0. The molecule has 0 spiro atoms. The van der Waals surface area contributed by atoms with Crippen molar-refractivity contribution in [1.82, 2.24) is 9.88 Å². The number of nitrogens with zero attached hydrogens (tertiary/aromatic N) is 2. The van der Waals surface area contributed by atoms with Crippen LogP contribution in [-0.2, 0) is 6.54 Å². The molecule has 0 fully saturated rings. The molecule has 16 heavy (non-hydrogen) atoms. The zero-order chi connectivity index (χ0) is 11.4. The summed E-state index contributed by atoms with van der Waals surface area (Å²) in [6.07, 6.45) is 3.74. The minimum absolute atomic E-state index is 0.459. The van der Waals surface area contributed by atoms with Crippen LogP contribution in [0.2, 0.25) is 0 Å². The summed E-state index contributed by atoms with van der Waals surface area (Å²) < 4.78 is 0. The number of hydrogen-bond donors (Lipinski definition) is 0. The van der Waals surface area contributed by atoms with Gasteiger partial charge >= 0.3 is 0 Å². The predicted octanol–water partition coefficient (Wildman–Crippen LogP) is 3.34. The molecule has 2 rings (SSSR count). The molecule has 84 valence electrons. The third-order valence-corrected chi connectivity index (χ3v) is 3.81. The second-order valence-electron chi connectivity index (χ2n) is 3.97. The van der Waals surface area contributed by atoms with Crippen LogP contribution in [0.4, 0.5) is 0 Å². The largest absolute Gasteiger partial charge is 0.295 e. The lowest BCUT2D eigenvalue weighted by atomic mass is 10.2. The van der Waals surface area contributed by atoms with Crippen molar-refractivity contribution in [3.63, 3.8) is 0 Å². The van der Waals surface area contributed by atoms with Gasteiger partial charge in [-0.3, -0.25) is 9.88 Å². The molecule has 2 aromatic rings. The molecule has 0 aliphatic heterocycles. The summed E-state index contributed by atoms with van der Waals surface area (Å²) in [6.45, 7) is 3.18. The van der Waals surface area contributed by atoms with Crippen molar-refractivity contribution < 1.29 is 0 Å². The van der Waals surface area contributed by atoms with Crippen LogP contribution in [-0.4, -0.2) is 16.9 Å². The van der Waals surface area contributed by atoms with Gasteiger partial charge in [-0.15, -0.1) is 11.3 Å². The van der Waals surface area contributed by atoms with Crippen molar-refractivity contribution in [1.29, 1.82) is 0 Å². The summed E-state index contributed by atoms with van der Waals surface area (Å²) in [4.78, 5) is 7.88.